The summed E-state index contributed by atoms with van der Waals surface area (Å²) in [6.07, 6.45) is 4.15. The van der Waals surface area contributed by atoms with Crippen molar-refractivity contribution in [3.63, 3.8) is 0 Å². The summed E-state index contributed by atoms with van der Waals surface area (Å²) in [6.45, 7) is 0.359. The van der Waals surface area contributed by atoms with Crippen LogP contribution in [-0.4, -0.2) is 22.6 Å². The molecule has 0 spiro atoms. The quantitative estimate of drug-likeness (QED) is 0.404. The maximum atomic E-state index is 10.6. The Morgan fingerprint density at radius 1 is 1.55 bits per heavy atom. The van der Waals surface area contributed by atoms with Crippen LogP contribution in [0.4, 0.5) is 4.79 Å². The van der Waals surface area contributed by atoms with E-state index in [0.29, 0.717) is 13.0 Å². The Bertz CT molecular complexity index is 559. The molecule has 2 amide bonds. The van der Waals surface area contributed by atoms with Crippen LogP contribution < -0.4 is 11.2 Å². The van der Waals surface area contributed by atoms with Crippen LogP contribution in [0.5, 0.6) is 0 Å². The number of hydrogen-bond donors (Lipinski definition) is 3. The third-order valence-corrected chi connectivity index (χ3v) is 3.50. The number of amides is 2. The fraction of sp³-hybridized carbons (Fsp3) is 0.231. The van der Waals surface area contributed by atoms with Crippen LogP contribution in [0, 0.1) is 3.57 Å². The molecule has 1 aromatic carbocycles. The van der Waals surface area contributed by atoms with Crippen LogP contribution in [0.1, 0.15) is 23.6 Å². The normalized spacial score (nSPS) is 12.1. The minimum Gasteiger partial charge on any atom is -0.350 e. The number of benzene rings is 1. The Kier molecular flexibility index (Phi) is 5.36. The third kappa shape index (κ3) is 4.20. The van der Waals surface area contributed by atoms with E-state index in [1.54, 1.807) is 12.5 Å². The fourth-order valence-corrected chi connectivity index (χ4v) is 2.55. The lowest BCUT2D eigenvalue weighted by atomic mass is 9.93. The Morgan fingerprint density at radius 3 is 3.05 bits per heavy atom. The number of primary amides is 1. The molecule has 7 heteroatoms. The van der Waals surface area contributed by atoms with Gasteiger partial charge in [0.15, 0.2) is 0 Å². The lowest BCUT2D eigenvalue weighted by Gasteiger charge is -2.16. The molecule has 2 aromatic rings. The minimum absolute atomic E-state index is 0.127. The zero-order valence-corrected chi connectivity index (χ0v) is 12.8. The molecule has 1 atom stereocenters. The molecule has 0 saturated carbocycles. The van der Waals surface area contributed by atoms with Gasteiger partial charge in [-0.1, -0.05) is 12.1 Å². The summed E-state index contributed by atoms with van der Waals surface area (Å²) >= 11 is 2.28. The van der Waals surface area contributed by atoms with Gasteiger partial charge >= 0.3 is 6.03 Å². The molecular weight excluding hydrogens is 371 g/mol. The highest BCUT2D eigenvalue weighted by atomic mass is 127. The number of halogens is 1. The molecule has 0 aliphatic heterocycles. The number of H-pyrrole nitrogens is 1. The van der Waals surface area contributed by atoms with E-state index in [0.717, 1.165) is 5.69 Å². The largest absolute Gasteiger partial charge is 0.350 e. The number of carbonyl (C=O) groups is 1. The fourth-order valence-electron chi connectivity index (χ4n) is 1.98. The van der Waals surface area contributed by atoms with Crippen LogP contribution in [-0.2, 0) is 4.84 Å². The molecule has 0 aliphatic rings. The number of nitrogens with one attached hydrogen (secondary N) is 2. The molecule has 2 rings (SSSR count). The second-order valence-electron chi connectivity index (χ2n) is 4.22. The van der Waals surface area contributed by atoms with Gasteiger partial charge in [0.25, 0.3) is 0 Å². The number of rotatable bonds is 6. The molecule has 1 heterocycles. The first-order valence-corrected chi connectivity index (χ1v) is 7.15. The minimum atomic E-state index is -0.697. The second-order valence-corrected chi connectivity index (χ2v) is 5.46. The van der Waals surface area contributed by atoms with Crippen LogP contribution >= 0.6 is 22.6 Å². The van der Waals surface area contributed by atoms with E-state index in [-0.39, 0.29) is 5.92 Å². The number of aromatic amines is 1. The molecule has 106 valence electrons. The van der Waals surface area contributed by atoms with Crippen LogP contribution in [0.2, 0.25) is 0 Å². The molecule has 0 saturated heterocycles. The van der Waals surface area contributed by atoms with Crippen molar-refractivity contribution >= 4 is 28.6 Å². The molecule has 0 bridgehead atoms. The van der Waals surface area contributed by atoms with Crippen molar-refractivity contribution in [2.75, 3.05) is 6.61 Å². The van der Waals surface area contributed by atoms with E-state index in [9.17, 15) is 4.79 Å². The first kappa shape index (κ1) is 14.8. The number of imidazole rings is 1. The molecule has 1 unspecified atom stereocenters. The zero-order valence-electron chi connectivity index (χ0n) is 10.7. The average molecular weight is 386 g/mol. The zero-order chi connectivity index (χ0) is 14.4. The lowest BCUT2D eigenvalue weighted by molar-refractivity contribution is 0.0609. The number of nitrogens with zero attached hydrogens (tertiary/aromatic N) is 1. The van der Waals surface area contributed by atoms with Gasteiger partial charge in [0.2, 0.25) is 0 Å². The molecule has 20 heavy (non-hydrogen) atoms. The van der Waals surface area contributed by atoms with E-state index < -0.39 is 6.03 Å². The monoisotopic (exact) mass is 386 g/mol. The summed E-state index contributed by atoms with van der Waals surface area (Å²) in [5, 5.41) is 0. The molecule has 0 radical (unpaired) electrons. The molecule has 1 aromatic heterocycles. The van der Waals surface area contributed by atoms with Gasteiger partial charge in [-0.3, -0.25) is 4.84 Å². The van der Waals surface area contributed by atoms with Crippen molar-refractivity contribution in [1.29, 1.82) is 0 Å². The summed E-state index contributed by atoms with van der Waals surface area (Å²) in [4.78, 5) is 22.8. The highest BCUT2D eigenvalue weighted by Gasteiger charge is 2.16. The van der Waals surface area contributed by atoms with Gasteiger partial charge in [0, 0.05) is 21.4 Å². The van der Waals surface area contributed by atoms with Gasteiger partial charge in [-0.15, -0.1) is 0 Å². The standard InChI is InChI=1S/C13H15IN4O2/c14-10-3-1-2-9(6-10)11(12-7-16-8-17-12)4-5-20-18-13(15)19/h1-3,6-8,11H,4-5H2,(H,16,17)(H3,15,18,19). The summed E-state index contributed by atoms with van der Waals surface area (Å²) in [7, 11) is 0. The maximum absolute atomic E-state index is 10.6. The van der Waals surface area contributed by atoms with E-state index in [1.807, 2.05) is 12.1 Å². The number of aromatic nitrogens is 2. The van der Waals surface area contributed by atoms with E-state index in [4.69, 9.17) is 10.6 Å². The number of nitrogens with two attached hydrogens (primary N) is 1. The molecule has 0 aliphatic carbocycles. The average Bonchev–Trinajstić information content (AvgIpc) is 2.92. The Balaban J connectivity index is 2.08. The highest BCUT2D eigenvalue weighted by molar-refractivity contribution is 14.1. The Hall–Kier alpha value is -1.61. The topological polar surface area (TPSA) is 93.0 Å². The second kappa shape index (κ2) is 7.25. The van der Waals surface area contributed by atoms with Gasteiger partial charge in [-0.25, -0.2) is 15.3 Å². The molecule has 4 N–H and O–H groups in total. The number of urea groups is 1. The lowest BCUT2D eigenvalue weighted by Crippen LogP contribution is -2.30. The van der Waals surface area contributed by atoms with Crippen molar-refractivity contribution in [3.05, 3.63) is 51.6 Å². The third-order valence-electron chi connectivity index (χ3n) is 2.83. The van der Waals surface area contributed by atoms with Crippen molar-refractivity contribution in [1.82, 2.24) is 15.4 Å². The number of carbonyl (C=O) groups excluding carboxylic acids is 1. The molecular formula is C13H15IN4O2. The summed E-state index contributed by atoms with van der Waals surface area (Å²) in [6, 6.07) is 7.54. The highest BCUT2D eigenvalue weighted by Crippen LogP contribution is 2.27. The number of hydroxylamine groups is 1. The summed E-state index contributed by atoms with van der Waals surface area (Å²) in [5.41, 5.74) is 9.24. The van der Waals surface area contributed by atoms with Crippen molar-refractivity contribution in [3.8, 4) is 0 Å². The van der Waals surface area contributed by atoms with Crippen molar-refractivity contribution in [2.24, 2.45) is 5.73 Å². The van der Waals surface area contributed by atoms with Gasteiger partial charge in [-0.05, 0) is 46.7 Å². The van der Waals surface area contributed by atoms with Gasteiger partial charge < -0.3 is 10.7 Å². The van der Waals surface area contributed by atoms with Gasteiger partial charge in [0.05, 0.1) is 12.9 Å². The van der Waals surface area contributed by atoms with Gasteiger partial charge in [-0.2, -0.15) is 0 Å². The first-order chi connectivity index (χ1) is 9.66. The van der Waals surface area contributed by atoms with E-state index in [2.05, 4.69) is 50.2 Å². The Labute approximate surface area is 130 Å². The Morgan fingerprint density at radius 2 is 2.40 bits per heavy atom. The maximum Gasteiger partial charge on any atom is 0.336 e. The van der Waals surface area contributed by atoms with Crippen molar-refractivity contribution in [2.45, 2.75) is 12.3 Å². The van der Waals surface area contributed by atoms with Crippen LogP contribution in [0.15, 0.2) is 36.8 Å². The predicted octanol–water partition coefficient (Wildman–Crippen LogP) is 2.14. The van der Waals surface area contributed by atoms with Crippen LogP contribution in [0.25, 0.3) is 0 Å². The SMILES string of the molecule is NC(=O)NOCCC(c1cccc(I)c1)c1cnc[nH]1. The van der Waals surface area contributed by atoms with E-state index >= 15 is 0 Å². The number of hydrogen-bond acceptors (Lipinski definition) is 3. The van der Waals surface area contributed by atoms with E-state index in [1.165, 1.54) is 9.13 Å². The molecule has 6 nitrogen and oxygen atoms in total. The van der Waals surface area contributed by atoms with Gasteiger partial charge in [0.1, 0.15) is 0 Å². The summed E-state index contributed by atoms with van der Waals surface area (Å²) < 4.78 is 1.17. The first-order valence-electron chi connectivity index (χ1n) is 6.08. The molecule has 0 fully saturated rings. The predicted molar refractivity (Wildman–Crippen MR) is 82.9 cm³/mol. The van der Waals surface area contributed by atoms with Crippen molar-refractivity contribution < 1.29 is 9.63 Å². The smallest absolute Gasteiger partial charge is 0.336 e. The summed E-state index contributed by atoms with van der Waals surface area (Å²) in [5.74, 6) is 0.127. The van der Waals surface area contributed by atoms with Crippen LogP contribution in [0.3, 0.4) is 0 Å².